The lowest BCUT2D eigenvalue weighted by Gasteiger charge is -2.12. The summed E-state index contributed by atoms with van der Waals surface area (Å²) in [6.45, 7) is 2.28. The van der Waals surface area contributed by atoms with E-state index in [2.05, 4.69) is 25.9 Å². The number of anilines is 2. The Bertz CT molecular complexity index is 1190. The maximum absolute atomic E-state index is 12.4. The van der Waals surface area contributed by atoms with Crippen molar-refractivity contribution in [3.05, 3.63) is 51.7 Å². The molecule has 4 rings (SSSR count). The fourth-order valence-corrected chi connectivity index (χ4v) is 3.69. The highest BCUT2D eigenvalue weighted by molar-refractivity contribution is 7.08. The average molecular weight is 443 g/mol. The lowest BCUT2D eigenvalue weighted by atomic mass is 10.2. The molecule has 0 radical (unpaired) electrons. The van der Waals surface area contributed by atoms with Crippen LogP contribution in [0, 0.1) is 6.92 Å². The van der Waals surface area contributed by atoms with E-state index in [-0.39, 0.29) is 12.3 Å². The van der Waals surface area contributed by atoms with Crippen molar-refractivity contribution >= 4 is 46.0 Å². The minimum atomic E-state index is -0.146. The predicted octanol–water partition coefficient (Wildman–Crippen LogP) is 4.26. The predicted molar refractivity (Wildman–Crippen MR) is 119 cm³/mol. The molecule has 3 heterocycles. The number of aromatic nitrogens is 4. The summed E-state index contributed by atoms with van der Waals surface area (Å²) in [6, 6.07) is 9.10. The first kappa shape index (κ1) is 20.1. The van der Waals surface area contributed by atoms with E-state index in [1.54, 1.807) is 28.0 Å². The molecule has 1 aromatic carbocycles. The molecule has 0 aliphatic rings. The van der Waals surface area contributed by atoms with Crippen LogP contribution >= 0.6 is 22.9 Å². The van der Waals surface area contributed by atoms with Crippen LogP contribution in [0.15, 0.2) is 41.1 Å². The number of benzene rings is 1. The number of carbonyl (C=O) groups excluding carboxylic acids is 1. The molecule has 0 fully saturated rings. The van der Waals surface area contributed by atoms with Gasteiger partial charge in [0.05, 0.1) is 12.8 Å². The van der Waals surface area contributed by atoms with Gasteiger partial charge in [-0.1, -0.05) is 11.6 Å². The van der Waals surface area contributed by atoms with Gasteiger partial charge in [0.1, 0.15) is 11.6 Å². The molecule has 30 heavy (non-hydrogen) atoms. The molecule has 0 bridgehead atoms. The van der Waals surface area contributed by atoms with Gasteiger partial charge >= 0.3 is 0 Å². The fraction of sp³-hybridized carbons (Fsp3) is 0.200. The number of hydrogen-bond acceptors (Lipinski definition) is 7. The van der Waals surface area contributed by atoms with Gasteiger partial charge in [-0.25, -0.2) is 0 Å². The van der Waals surface area contributed by atoms with E-state index in [0.29, 0.717) is 40.3 Å². The van der Waals surface area contributed by atoms with Crippen LogP contribution in [0.3, 0.4) is 0 Å². The molecular weight excluding hydrogens is 424 g/mol. The third kappa shape index (κ3) is 4.22. The Balaban J connectivity index is 1.40. The number of halogens is 1. The molecule has 3 aromatic heterocycles. The SMILES string of the molecule is COc1cc(Cl)c(C)cc1NC(=O)CCNc1ccc2nnc(-c3ccsc3)n2n1. The number of thiophene rings is 1. The lowest BCUT2D eigenvalue weighted by molar-refractivity contribution is -0.116. The van der Waals surface area contributed by atoms with E-state index in [1.807, 2.05) is 35.9 Å². The first-order valence-corrected chi connectivity index (χ1v) is 10.5. The average Bonchev–Trinajstić information content (AvgIpc) is 3.39. The van der Waals surface area contributed by atoms with Crippen LogP contribution in [0.5, 0.6) is 5.75 Å². The molecule has 4 aromatic rings. The Morgan fingerprint density at radius 1 is 1.27 bits per heavy atom. The minimum absolute atomic E-state index is 0.146. The Morgan fingerprint density at radius 2 is 2.13 bits per heavy atom. The summed E-state index contributed by atoms with van der Waals surface area (Å²) in [5, 5.41) is 23.5. The van der Waals surface area contributed by atoms with Crippen molar-refractivity contribution in [2.24, 2.45) is 0 Å². The van der Waals surface area contributed by atoms with Gasteiger partial charge in [-0.05, 0) is 42.1 Å². The van der Waals surface area contributed by atoms with Crippen molar-refractivity contribution in [3.8, 4) is 17.1 Å². The van der Waals surface area contributed by atoms with Crippen molar-refractivity contribution in [3.63, 3.8) is 0 Å². The summed E-state index contributed by atoms with van der Waals surface area (Å²) in [6.07, 6.45) is 0.254. The highest BCUT2D eigenvalue weighted by Gasteiger charge is 2.12. The molecular formula is C20H19ClN6O2S. The zero-order chi connectivity index (χ0) is 21.1. The minimum Gasteiger partial charge on any atom is -0.495 e. The smallest absolute Gasteiger partial charge is 0.226 e. The van der Waals surface area contributed by atoms with E-state index in [9.17, 15) is 4.79 Å². The third-order valence-corrected chi connectivity index (χ3v) is 5.55. The molecule has 0 aliphatic carbocycles. The Hall–Kier alpha value is -3.17. The van der Waals surface area contributed by atoms with Gasteiger partial charge in [0.25, 0.3) is 0 Å². The van der Waals surface area contributed by atoms with Gasteiger partial charge in [-0.3, -0.25) is 4.79 Å². The van der Waals surface area contributed by atoms with Crippen molar-refractivity contribution in [1.82, 2.24) is 19.8 Å². The second kappa shape index (κ2) is 8.68. The van der Waals surface area contributed by atoms with Gasteiger partial charge in [0.15, 0.2) is 11.5 Å². The third-order valence-electron chi connectivity index (χ3n) is 4.46. The molecule has 2 N–H and O–H groups in total. The highest BCUT2D eigenvalue weighted by atomic mass is 35.5. The first-order chi connectivity index (χ1) is 14.5. The second-order valence-electron chi connectivity index (χ2n) is 6.55. The number of nitrogens with zero attached hydrogens (tertiary/aromatic N) is 4. The number of nitrogens with one attached hydrogen (secondary N) is 2. The normalized spacial score (nSPS) is 10.9. The van der Waals surface area contributed by atoms with Crippen molar-refractivity contribution in [1.29, 1.82) is 0 Å². The quantitative estimate of drug-likeness (QED) is 0.444. The molecule has 0 atom stereocenters. The Labute approximate surface area is 181 Å². The number of amides is 1. The standard InChI is InChI=1S/C20H19ClN6O2S/c1-12-9-15(16(29-2)10-14(12)21)23-19(28)5-7-22-17-3-4-18-24-25-20(27(18)26-17)13-6-8-30-11-13/h3-4,6,8-11H,5,7H2,1-2H3,(H,22,26)(H,23,28). The molecule has 0 spiro atoms. The van der Waals surface area contributed by atoms with E-state index < -0.39 is 0 Å². The molecule has 8 nitrogen and oxygen atoms in total. The molecule has 0 aliphatic heterocycles. The van der Waals surface area contributed by atoms with E-state index in [0.717, 1.165) is 11.1 Å². The number of methoxy groups -OCH3 is 1. The van der Waals surface area contributed by atoms with E-state index in [1.165, 1.54) is 7.11 Å². The van der Waals surface area contributed by atoms with Crippen LogP contribution in [0.2, 0.25) is 5.02 Å². The van der Waals surface area contributed by atoms with Crippen LogP contribution in [0.25, 0.3) is 17.0 Å². The van der Waals surface area contributed by atoms with E-state index >= 15 is 0 Å². The van der Waals surface area contributed by atoms with Crippen molar-refractivity contribution in [2.45, 2.75) is 13.3 Å². The largest absolute Gasteiger partial charge is 0.495 e. The number of ether oxygens (including phenoxy) is 1. The number of carbonyl (C=O) groups is 1. The van der Waals surface area contributed by atoms with E-state index in [4.69, 9.17) is 16.3 Å². The van der Waals surface area contributed by atoms with Gasteiger partial charge in [0.2, 0.25) is 5.91 Å². The molecule has 0 saturated heterocycles. The van der Waals surface area contributed by atoms with Crippen molar-refractivity contribution < 1.29 is 9.53 Å². The van der Waals surface area contributed by atoms with Crippen LogP contribution in [-0.4, -0.2) is 39.4 Å². The van der Waals surface area contributed by atoms with Gasteiger partial charge in [-0.2, -0.15) is 15.9 Å². The van der Waals surface area contributed by atoms with Gasteiger partial charge in [0, 0.05) is 35.0 Å². The number of hydrogen-bond donors (Lipinski definition) is 2. The summed E-state index contributed by atoms with van der Waals surface area (Å²) >= 11 is 7.70. The summed E-state index contributed by atoms with van der Waals surface area (Å²) in [5.41, 5.74) is 3.07. The number of aryl methyl sites for hydroxylation is 1. The molecule has 1 amide bonds. The Kier molecular flexibility index (Phi) is 5.82. The summed E-state index contributed by atoms with van der Waals surface area (Å²) < 4.78 is 6.98. The number of fused-ring (bicyclic) bond motifs is 1. The van der Waals surface area contributed by atoms with Crippen LogP contribution in [0.4, 0.5) is 11.5 Å². The monoisotopic (exact) mass is 442 g/mol. The Morgan fingerprint density at radius 3 is 2.90 bits per heavy atom. The zero-order valence-electron chi connectivity index (χ0n) is 16.3. The molecule has 0 saturated carbocycles. The highest BCUT2D eigenvalue weighted by Crippen LogP contribution is 2.31. The summed E-state index contributed by atoms with van der Waals surface area (Å²) in [5.74, 6) is 1.68. The van der Waals surface area contributed by atoms with Crippen LogP contribution in [0.1, 0.15) is 12.0 Å². The van der Waals surface area contributed by atoms with Gasteiger partial charge < -0.3 is 15.4 Å². The lowest BCUT2D eigenvalue weighted by Crippen LogP contribution is -2.17. The topological polar surface area (TPSA) is 93.4 Å². The molecule has 154 valence electrons. The summed E-state index contributed by atoms with van der Waals surface area (Å²) in [4.78, 5) is 12.4. The number of rotatable bonds is 7. The zero-order valence-corrected chi connectivity index (χ0v) is 17.9. The van der Waals surface area contributed by atoms with Crippen molar-refractivity contribution in [2.75, 3.05) is 24.3 Å². The second-order valence-corrected chi connectivity index (χ2v) is 7.74. The van der Waals surface area contributed by atoms with Gasteiger partial charge in [-0.15, -0.1) is 15.3 Å². The molecule has 0 unspecified atom stereocenters. The van der Waals surface area contributed by atoms with Crippen LogP contribution in [-0.2, 0) is 4.79 Å². The summed E-state index contributed by atoms with van der Waals surface area (Å²) in [7, 11) is 1.54. The fourth-order valence-electron chi connectivity index (χ4n) is 2.90. The molecule has 10 heteroatoms. The van der Waals surface area contributed by atoms with Crippen LogP contribution < -0.4 is 15.4 Å². The first-order valence-electron chi connectivity index (χ1n) is 9.18. The maximum atomic E-state index is 12.4. The maximum Gasteiger partial charge on any atom is 0.226 e.